The normalized spacial score (nSPS) is 11.7. The van der Waals surface area contributed by atoms with Gasteiger partial charge >= 0.3 is 5.97 Å². The summed E-state index contributed by atoms with van der Waals surface area (Å²) in [5.74, 6) is -0.0135. The molecule has 0 heterocycles. The van der Waals surface area contributed by atoms with Gasteiger partial charge in [-0.05, 0) is 58.5 Å². The van der Waals surface area contributed by atoms with E-state index in [2.05, 4.69) is 31.0 Å². The first-order chi connectivity index (χ1) is 24.5. The summed E-state index contributed by atoms with van der Waals surface area (Å²) in [6.45, 7) is 12.9. The molecule has 0 spiro atoms. The summed E-state index contributed by atoms with van der Waals surface area (Å²) in [6, 6.07) is 0. The minimum absolute atomic E-state index is 0.0135. The molecule has 6 heteroatoms. The third-order valence-corrected chi connectivity index (χ3v) is 9.90. The van der Waals surface area contributed by atoms with Gasteiger partial charge < -0.3 is 20.1 Å². The molecule has 6 nitrogen and oxygen atoms in total. The zero-order chi connectivity index (χ0) is 37.0. The molecule has 1 unspecified atom stereocenters. The van der Waals surface area contributed by atoms with Crippen LogP contribution in [-0.2, 0) is 14.3 Å². The summed E-state index contributed by atoms with van der Waals surface area (Å²) in [4.78, 5) is 24.4. The van der Waals surface area contributed by atoms with Crippen molar-refractivity contribution in [2.45, 2.75) is 239 Å². The lowest BCUT2D eigenvalue weighted by molar-refractivity contribution is -0.148. The van der Waals surface area contributed by atoms with Gasteiger partial charge in [-0.15, -0.1) is 0 Å². The van der Waals surface area contributed by atoms with Crippen molar-refractivity contribution in [3.63, 3.8) is 0 Å². The predicted molar refractivity (Wildman–Crippen MR) is 218 cm³/mol. The molecular weight excluding hydrogens is 620 g/mol. The Morgan fingerprint density at radius 3 is 1.36 bits per heavy atom. The van der Waals surface area contributed by atoms with Gasteiger partial charge in [0.05, 0.1) is 12.7 Å². The highest BCUT2D eigenvalue weighted by atomic mass is 16.5. The molecule has 0 aromatic carbocycles. The van der Waals surface area contributed by atoms with Gasteiger partial charge in [0.1, 0.15) is 0 Å². The van der Waals surface area contributed by atoms with E-state index < -0.39 is 0 Å². The Labute approximate surface area is 313 Å². The quantitative estimate of drug-likeness (QED) is 0.0376. The smallest absolute Gasteiger partial charge is 0.306 e. The number of aliphatic hydroxyl groups is 1. The summed E-state index contributed by atoms with van der Waals surface area (Å²) in [5, 5.41) is 12.1. The van der Waals surface area contributed by atoms with Gasteiger partial charge in [0.15, 0.2) is 0 Å². The third kappa shape index (κ3) is 44.9. The molecule has 0 aliphatic heterocycles. The number of carbonyl (C=O) groups excluding carboxylic acids is 2. The summed E-state index contributed by atoms with van der Waals surface area (Å²) < 4.78 is 5.59. The fraction of sp³-hybridized carbons (Fsp3) is 0.955. The van der Waals surface area contributed by atoms with E-state index in [1.165, 1.54) is 173 Å². The maximum absolute atomic E-state index is 12.1. The van der Waals surface area contributed by atoms with E-state index in [0.717, 1.165) is 58.3 Å². The summed E-state index contributed by atoms with van der Waals surface area (Å²) >= 11 is 0. The van der Waals surface area contributed by atoms with E-state index in [4.69, 9.17) is 4.74 Å². The number of carbonyl (C=O) groups is 2. The fourth-order valence-corrected chi connectivity index (χ4v) is 6.59. The van der Waals surface area contributed by atoms with E-state index in [1.54, 1.807) is 0 Å². The molecule has 0 aromatic rings. The first kappa shape index (κ1) is 51.0. The number of nitrogens with zero attached hydrogens (tertiary/aromatic N) is 1. The second-order valence-corrected chi connectivity index (χ2v) is 15.0. The molecule has 0 rings (SSSR count). The molecule has 0 aliphatic carbocycles. The monoisotopic (exact) mass is 711 g/mol. The zero-order valence-electron chi connectivity index (χ0n) is 34.4. The van der Waals surface area contributed by atoms with Crippen LogP contribution >= 0.6 is 0 Å². The molecule has 0 aliphatic rings. The predicted octanol–water partition coefficient (Wildman–Crippen LogP) is 12.5. The number of aliphatic hydroxyl groups excluding tert-OH is 1. The van der Waals surface area contributed by atoms with Gasteiger partial charge in [0.25, 0.3) is 0 Å². The Bertz CT molecular complexity index is 648. The van der Waals surface area contributed by atoms with Crippen LogP contribution in [0.3, 0.4) is 0 Å². The van der Waals surface area contributed by atoms with E-state index in [1.807, 2.05) is 6.92 Å². The van der Waals surface area contributed by atoms with Crippen LogP contribution in [0, 0.1) is 0 Å². The number of ether oxygens (including phenoxy) is 1. The van der Waals surface area contributed by atoms with Crippen LogP contribution < -0.4 is 5.32 Å². The van der Waals surface area contributed by atoms with Crippen LogP contribution in [0.1, 0.15) is 233 Å². The number of amides is 1. The summed E-state index contributed by atoms with van der Waals surface area (Å²) in [7, 11) is 0. The first-order valence-corrected chi connectivity index (χ1v) is 22.2. The molecule has 1 amide bonds. The van der Waals surface area contributed by atoms with Gasteiger partial charge in [0, 0.05) is 19.5 Å². The Hall–Kier alpha value is -1.14. The van der Waals surface area contributed by atoms with Crippen LogP contribution in [0.15, 0.2) is 0 Å². The van der Waals surface area contributed by atoms with Crippen molar-refractivity contribution in [2.75, 3.05) is 32.8 Å². The first-order valence-electron chi connectivity index (χ1n) is 22.2. The highest BCUT2D eigenvalue weighted by Gasteiger charge is 2.09. The van der Waals surface area contributed by atoms with E-state index in [0.29, 0.717) is 6.42 Å². The highest BCUT2D eigenvalue weighted by Crippen LogP contribution is 2.14. The van der Waals surface area contributed by atoms with Gasteiger partial charge in [-0.25, -0.2) is 0 Å². The van der Waals surface area contributed by atoms with E-state index in [9.17, 15) is 14.7 Å². The van der Waals surface area contributed by atoms with Crippen LogP contribution in [0.2, 0.25) is 0 Å². The lowest BCUT2D eigenvalue weighted by Crippen LogP contribution is -2.29. The molecule has 300 valence electrons. The lowest BCUT2D eigenvalue weighted by atomic mass is 10.0. The molecule has 0 saturated heterocycles. The van der Waals surface area contributed by atoms with Crippen molar-refractivity contribution in [2.24, 2.45) is 0 Å². The zero-order valence-corrected chi connectivity index (χ0v) is 34.4. The fourth-order valence-electron chi connectivity index (χ4n) is 6.59. The Morgan fingerprint density at radius 2 is 0.940 bits per heavy atom. The van der Waals surface area contributed by atoms with Crippen LogP contribution in [-0.4, -0.2) is 61.3 Å². The summed E-state index contributed by atoms with van der Waals surface area (Å²) in [5.41, 5.74) is 0. The Kier molecular flexibility index (Phi) is 46.8. The molecule has 0 fully saturated rings. The number of nitrogens with one attached hydrogen (secondary N) is 1. The number of esters is 1. The van der Waals surface area contributed by atoms with Gasteiger partial charge in [-0.1, -0.05) is 181 Å². The minimum Gasteiger partial charge on any atom is -0.463 e. The second kappa shape index (κ2) is 45.9. The van der Waals surface area contributed by atoms with E-state index in [-0.39, 0.29) is 18.7 Å². The van der Waals surface area contributed by atoms with Crippen LogP contribution in [0.5, 0.6) is 0 Å². The molecular formula is C44H90N2O4. The van der Waals surface area contributed by atoms with Crippen molar-refractivity contribution in [3.8, 4) is 0 Å². The molecule has 0 radical (unpaired) electrons. The standard InChI is InChI=1S/C35H71NO3.C9H19NO/c1-4-6-8-10-12-13-14-15-16-17-18-22-26-30-36(32-33-37)31-27-23-19-21-25-29-35(38)39-34(3)28-24-20-11-9-7-5-2;1-2-3-4-5-6-7-8-10-9-11/h34,37H,4-33H2,1-3H3;9H,2-8H2,1H3,(H,10,11). The summed E-state index contributed by atoms with van der Waals surface area (Å²) in [6.07, 6.45) is 41.5. The third-order valence-electron chi connectivity index (χ3n) is 9.90. The van der Waals surface area contributed by atoms with Gasteiger partial charge in [-0.3, -0.25) is 9.59 Å². The number of rotatable bonds is 40. The van der Waals surface area contributed by atoms with E-state index >= 15 is 0 Å². The maximum Gasteiger partial charge on any atom is 0.306 e. The van der Waals surface area contributed by atoms with Crippen molar-refractivity contribution in [3.05, 3.63) is 0 Å². The van der Waals surface area contributed by atoms with Crippen molar-refractivity contribution in [1.82, 2.24) is 10.2 Å². The van der Waals surface area contributed by atoms with Crippen molar-refractivity contribution in [1.29, 1.82) is 0 Å². The SMILES string of the molecule is CCCCCCCCCCCCCCCN(CCO)CCCCCCCC(=O)OC(C)CCCCCCCC.CCCCCCCCNC=O. The van der Waals surface area contributed by atoms with Crippen LogP contribution in [0.25, 0.3) is 0 Å². The Balaban J connectivity index is 0. The highest BCUT2D eigenvalue weighted by molar-refractivity contribution is 5.69. The van der Waals surface area contributed by atoms with Gasteiger partial charge in [0.2, 0.25) is 6.41 Å². The molecule has 50 heavy (non-hydrogen) atoms. The molecule has 0 saturated carbocycles. The number of unbranched alkanes of at least 4 members (excludes halogenated alkanes) is 26. The Morgan fingerprint density at radius 1 is 0.560 bits per heavy atom. The topological polar surface area (TPSA) is 78.9 Å². The molecule has 0 aromatic heterocycles. The van der Waals surface area contributed by atoms with Crippen molar-refractivity contribution < 1.29 is 19.4 Å². The molecule has 0 bridgehead atoms. The largest absolute Gasteiger partial charge is 0.463 e. The number of hydrogen-bond acceptors (Lipinski definition) is 5. The molecule has 1 atom stereocenters. The lowest BCUT2D eigenvalue weighted by Gasteiger charge is -2.21. The average molecular weight is 711 g/mol. The second-order valence-electron chi connectivity index (χ2n) is 15.0. The maximum atomic E-state index is 12.1. The minimum atomic E-state index is -0.0135. The number of hydrogen-bond donors (Lipinski definition) is 2. The van der Waals surface area contributed by atoms with Gasteiger partial charge in [-0.2, -0.15) is 0 Å². The molecule has 2 N–H and O–H groups in total. The average Bonchev–Trinajstić information content (AvgIpc) is 3.11. The van der Waals surface area contributed by atoms with Crippen molar-refractivity contribution >= 4 is 12.4 Å². The van der Waals surface area contributed by atoms with Crippen LogP contribution in [0.4, 0.5) is 0 Å².